The van der Waals surface area contributed by atoms with E-state index in [1.54, 1.807) is 0 Å². The first kappa shape index (κ1) is 10.2. The van der Waals surface area contributed by atoms with Crippen molar-refractivity contribution < 1.29 is 4.79 Å². The van der Waals surface area contributed by atoms with Crippen LogP contribution in [-0.2, 0) is 10.3 Å². The van der Waals surface area contributed by atoms with Crippen LogP contribution in [0, 0.1) is 0 Å². The molecule has 1 amide bonds. The molecular weight excluding hydrogens is 188 g/mol. The molecule has 1 aromatic carbocycles. The van der Waals surface area contributed by atoms with Crippen LogP contribution in [-0.4, -0.2) is 24.4 Å². The minimum absolute atomic E-state index is 0.242. The second-order valence-corrected chi connectivity index (χ2v) is 4.12. The van der Waals surface area contributed by atoms with Crippen LogP contribution in [0.1, 0.15) is 18.4 Å². The van der Waals surface area contributed by atoms with Gasteiger partial charge in [0.25, 0.3) is 0 Å². The minimum atomic E-state index is -0.582. The van der Waals surface area contributed by atoms with Crippen LogP contribution in [0.2, 0.25) is 0 Å². The number of nitrogens with two attached hydrogens (primary N) is 1. The third kappa shape index (κ3) is 1.43. The van der Waals surface area contributed by atoms with Gasteiger partial charge >= 0.3 is 0 Å². The number of hydrogen-bond donors (Lipinski definition) is 1. The van der Waals surface area contributed by atoms with Gasteiger partial charge in [-0.25, -0.2) is 0 Å². The van der Waals surface area contributed by atoms with Crippen molar-refractivity contribution in [2.24, 2.45) is 5.73 Å². The first-order chi connectivity index (χ1) is 7.18. The molecule has 2 rings (SSSR count). The molecule has 1 unspecified atom stereocenters. The Morgan fingerprint density at radius 1 is 1.40 bits per heavy atom. The van der Waals surface area contributed by atoms with Crippen molar-refractivity contribution in [2.75, 3.05) is 13.6 Å². The molecular formula is C12H16N2O. The Bertz CT molecular complexity index is 363. The van der Waals surface area contributed by atoms with Gasteiger partial charge in [-0.3, -0.25) is 9.69 Å². The van der Waals surface area contributed by atoms with Crippen LogP contribution in [0.25, 0.3) is 0 Å². The normalized spacial score (nSPS) is 26.7. The third-order valence-corrected chi connectivity index (χ3v) is 3.34. The molecule has 80 valence electrons. The van der Waals surface area contributed by atoms with Crippen LogP contribution in [0.4, 0.5) is 0 Å². The highest BCUT2D eigenvalue weighted by molar-refractivity contribution is 5.86. The second kappa shape index (κ2) is 3.66. The number of carbonyl (C=O) groups is 1. The van der Waals surface area contributed by atoms with E-state index in [2.05, 4.69) is 4.90 Å². The van der Waals surface area contributed by atoms with Crippen LogP contribution >= 0.6 is 0 Å². The van der Waals surface area contributed by atoms with Gasteiger partial charge in [-0.15, -0.1) is 0 Å². The second-order valence-electron chi connectivity index (χ2n) is 4.12. The molecule has 0 aromatic heterocycles. The lowest BCUT2D eigenvalue weighted by molar-refractivity contribution is -0.128. The molecule has 1 fully saturated rings. The molecule has 15 heavy (non-hydrogen) atoms. The summed E-state index contributed by atoms with van der Waals surface area (Å²) in [6, 6.07) is 9.81. The Morgan fingerprint density at radius 2 is 2.07 bits per heavy atom. The van der Waals surface area contributed by atoms with E-state index in [1.807, 2.05) is 37.4 Å². The fraction of sp³-hybridized carbons (Fsp3) is 0.417. The maximum absolute atomic E-state index is 11.7. The van der Waals surface area contributed by atoms with Gasteiger partial charge in [-0.05, 0) is 32.0 Å². The third-order valence-electron chi connectivity index (χ3n) is 3.34. The fourth-order valence-corrected chi connectivity index (χ4v) is 2.49. The maximum Gasteiger partial charge on any atom is 0.242 e. The summed E-state index contributed by atoms with van der Waals surface area (Å²) in [5, 5.41) is 0. The highest BCUT2D eigenvalue weighted by Crippen LogP contribution is 2.37. The number of likely N-dealkylation sites (tertiary alicyclic amines) is 1. The van der Waals surface area contributed by atoms with E-state index in [0.29, 0.717) is 0 Å². The number of amides is 1. The van der Waals surface area contributed by atoms with Crippen molar-refractivity contribution in [3.05, 3.63) is 35.9 Å². The maximum atomic E-state index is 11.7. The average Bonchev–Trinajstić information content (AvgIpc) is 2.62. The summed E-state index contributed by atoms with van der Waals surface area (Å²) in [4.78, 5) is 13.8. The number of primary amides is 1. The number of likely N-dealkylation sites (N-methyl/N-ethyl adjacent to an activating group) is 1. The molecule has 0 radical (unpaired) electrons. The molecule has 1 aromatic rings. The highest BCUT2D eigenvalue weighted by Gasteiger charge is 2.45. The molecule has 0 spiro atoms. The summed E-state index contributed by atoms with van der Waals surface area (Å²) in [6.07, 6.45) is 1.84. The molecule has 0 bridgehead atoms. The Hall–Kier alpha value is -1.35. The summed E-state index contributed by atoms with van der Waals surface area (Å²) >= 11 is 0. The number of benzene rings is 1. The summed E-state index contributed by atoms with van der Waals surface area (Å²) < 4.78 is 0. The van der Waals surface area contributed by atoms with E-state index >= 15 is 0 Å². The summed E-state index contributed by atoms with van der Waals surface area (Å²) in [6.45, 7) is 0.928. The first-order valence-corrected chi connectivity index (χ1v) is 5.24. The van der Waals surface area contributed by atoms with E-state index in [4.69, 9.17) is 5.73 Å². The zero-order valence-electron chi connectivity index (χ0n) is 8.94. The van der Waals surface area contributed by atoms with Gasteiger partial charge in [0.1, 0.15) is 5.54 Å². The van der Waals surface area contributed by atoms with Gasteiger partial charge in [0.2, 0.25) is 5.91 Å². The van der Waals surface area contributed by atoms with E-state index in [9.17, 15) is 4.79 Å². The lowest BCUT2D eigenvalue weighted by Crippen LogP contribution is -2.49. The fourth-order valence-electron chi connectivity index (χ4n) is 2.49. The van der Waals surface area contributed by atoms with E-state index in [-0.39, 0.29) is 5.91 Å². The average molecular weight is 204 g/mol. The number of hydrogen-bond acceptors (Lipinski definition) is 2. The molecule has 3 heteroatoms. The first-order valence-electron chi connectivity index (χ1n) is 5.24. The Balaban J connectivity index is 2.49. The standard InChI is InChI=1S/C12H16N2O/c1-14-9-5-8-12(14,11(13)15)10-6-3-2-4-7-10/h2-4,6-7H,5,8-9H2,1H3,(H2,13,15). The smallest absolute Gasteiger partial charge is 0.242 e. The van der Waals surface area contributed by atoms with Crippen molar-refractivity contribution in [3.8, 4) is 0 Å². The summed E-state index contributed by atoms with van der Waals surface area (Å²) in [7, 11) is 1.96. The zero-order chi connectivity index (χ0) is 10.9. The predicted octanol–water partition coefficient (Wildman–Crippen LogP) is 1.09. The van der Waals surface area contributed by atoms with Gasteiger partial charge in [-0.1, -0.05) is 30.3 Å². The van der Waals surface area contributed by atoms with Crippen molar-refractivity contribution in [1.82, 2.24) is 4.90 Å². The van der Waals surface area contributed by atoms with Crippen LogP contribution in [0.15, 0.2) is 30.3 Å². The largest absolute Gasteiger partial charge is 0.368 e. The number of rotatable bonds is 2. The molecule has 1 atom stereocenters. The van der Waals surface area contributed by atoms with Crippen molar-refractivity contribution in [3.63, 3.8) is 0 Å². The van der Waals surface area contributed by atoms with Gasteiger partial charge in [-0.2, -0.15) is 0 Å². The Kier molecular flexibility index (Phi) is 2.49. The monoisotopic (exact) mass is 204 g/mol. The minimum Gasteiger partial charge on any atom is -0.368 e. The van der Waals surface area contributed by atoms with Crippen molar-refractivity contribution >= 4 is 5.91 Å². The van der Waals surface area contributed by atoms with Crippen LogP contribution < -0.4 is 5.73 Å². The summed E-state index contributed by atoms with van der Waals surface area (Å²) in [5.74, 6) is -0.242. The predicted molar refractivity (Wildman–Crippen MR) is 59.2 cm³/mol. The van der Waals surface area contributed by atoms with Gasteiger partial charge < -0.3 is 5.73 Å². The molecule has 0 aliphatic carbocycles. The van der Waals surface area contributed by atoms with Gasteiger partial charge in [0, 0.05) is 0 Å². The van der Waals surface area contributed by atoms with E-state index < -0.39 is 5.54 Å². The number of carbonyl (C=O) groups excluding carboxylic acids is 1. The van der Waals surface area contributed by atoms with Crippen LogP contribution in [0.5, 0.6) is 0 Å². The molecule has 3 nitrogen and oxygen atoms in total. The molecule has 1 heterocycles. The quantitative estimate of drug-likeness (QED) is 0.784. The number of nitrogens with zero attached hydrogens (tertiary/aromatic N) is 1. The molecule has 1 aliphatic rings. The van der Waals surface area contributed by atoms with Crippen molar-refractivity contribution in [2.45, 2.75) is 18.4 Å². The lowest BCUT2D eigenvalue weighted by atomic mass is 9.87. The summed E-state index contributed by atoms with van der Waals surface area (Å²) in [5.41, 5.74) is 6.00. The molecule has 1 saturated heterocycles. The van der Waals surface area contributed by atoms with Crippen LogP contribution in [0.3, 0.4) is 0 Å². The molecule has 0 saturated carbocycles. The highest BCUT2D eigenvalue weighted by atomic mass is 16.1. The Morgan fingerprint density at radius 3 is 2.53 bits per heavy atom. The topological polar surface area (TPSA) is 46.3 Å². The molecule has 1 aliphatic heterocycles. The van der Waals surface area contributed by atoms with Gasteiger partial charge in [0.05, 0.1) is 0 Å². The van der Waals surface area contributed by atoms with E-state index in [0.717, 1.165) is 24.9 Å². The SMILES string of the molecule is CN1CCCC1(C(N)=O)c1ccccc1. The van der Waals surface area contributed by atoms with Crippen molar-refractivity contribution in [1.29, 1.82) is 0 Å². The lowest BCUT2D eigenvalue weighted by Gasteiger charge is -2.33. The Labute approximate surface area is 89.9 Å². The zero-order valence-corrected chi connectivity index (χ0v) is 8.94. The molecule has 2 N–H and O–H groups in total. The van der Waals surface area contributed by atoms with E-state index in [1.165, 1.54) is 0 Å². The van der Waals surface area contributed by atoms with Gasteiger partial charge in [0.15, 0.2) is 0 Å².